The van der Waals surface area contributed by atoms with Crippen molar-refractivity contribution in [3.05, 3.63) is 58.7 Å². The van der Waals surface area contributed by atoms with Crippen molar-refractivity contribution in [3.8, 4) is 11.5 Å². The van der Waals surface area contributed by atoms with Crippen LogP contribution in [0.1, 0.15) is 66.9 Å². The maximum Gasteiger partial charge on any atom is 0.161 e. The molecule has 2 heterocycles. The number of hydrogen-bond donors (Lipinski definition) is 0. The summed E-state index contributed by atoms with van der Waals surface area (Å²) < 4.78 is 23.2. The van der Waals surface area contributed by atoms with E-state index in [-0.39, 0.29) is 12.4 Å². The average molecular weight is 395 g/mol. The van der Waals surface area contributed by atoms with Crippen LogP contribution in [0.2, 0.25) is 0 Å². The topological polar surface area (TPSA) is 36.9 Å². The smallest absolute Gasteiger partial charge is 0.161 e. The largest absolute Gasteiger partial charge is 0.486 e. The van der Waals surface area contributed by atoms with Gasteiger partial charge in [-0.05, 0) is 71.9 Å². The highest BCUT2D eigenvalue weighted by atomic mass is 16.7. The van der Waals surface area contributed by atoms with Crippen molar-refractivity contribution in [2.75, 3.05) is 20.3 Å². The first kappa shape index (κ1) is 19.0. The van der Waals surface area contributed by atoms with Gasteiger partial charge in [-0.2, -0.15) is 0 Å². The standard InChI is InChI=1S/C25H30O4/c1-16-11-23(29-25(12-16)26-2)19-6-7-21(18-4-5-18)20(15-19)13-17-3-8-22-24(14-17)28-10-9-27-22/h3,6-8,14-16,18,23,25H,4-5,9-13H2,1-2H3/t16-,23-,25?/m1/s1. The zero-order chi connectivity index (χ0) is 19.8. The molecule has 3 aliphatic rings. The molecule has 154 valence electrons. The first-order valence-corrected chi connectivity index (χ1v) is 10.9. The molecule has 29 heavy (non-hydrogen) atoms. The fraction of sp³-hybridized carbons (Fsp3) is 0.520. The highest BCUT2D eigenvalue weighted by Crippen LogP contribution is 2.44. The molecule has 4 heteroatoms. The van der Waals surface area contributed by atoms with Gasteiger partial charge in [-0.1, -0.05) is 31.2 Å². The Kier molecular flexibility index (Phi) is 5.23. The lowest BCUT2D eigenvalue weighted by Gasteiger charge is -2.33. The second-order valence-electron chi connectivity index (χ2n) is 8.75. The molecule has 1 aliphatic carbocycles. The van der Waals surface area contributed by atoms with Gasteiger partial charge in [-0.25, -0.2) is 0 Å². The minimum Gasteiger partial charge on any atom is -0.486 e. The summed E-state index contributed by atoms with van der Waals surface area (Å²) in [5.74, 6) is 3.04. The summed E-state index contributed by atoms with van der Waals surface area (Å²) >= 11 is 0. The van der Waals surface area contributed by atoms with Crippen LogP contribution in [0.15, 0.2) is 36.4 Å². The van der Waals surface area contributed by atoms with Crippen molar-refractivity contribution < 1.29 is 18.9 Å². The molecule has 1 saturated heterocycles. The highest BCUT2D eigenvalue weighted by Gasteiger charge is 2.30. The van der Waals surface area contributed by atoms with Gasteiger partial charge in [0.05, 0.1) is 6.10 Å². The Balaban J connectivity index is 1.43. The Bertz CT molecular complexity index is 873. The minimum atomic E-state index is -0.104. The lowest BCUT2D eigenvalue weighted by molar-refractivity contribution is -0.193. The Morgan fingerprint density at radius 3 is 2.59 bits per heavy atom. The molecule has 1 unspecified atom stereocenters. The van der Waals surface area contributed by atoms with E-state index in [0.29, 0.717) is 25.0 Å². The van der Waals surface area contributed by atoms with Gasteiger partial charge in [0, 0.05) is 13.5 Å². The summed E-state index contributed by atoms with van der Waals surface area (Å²) in [4.78, 5) is 0. The van der Waals surface area contributed by atoms with Crippen LogP contribution >= 0.6 is 0 Å². The number of rotatable bonds is 5. The number of hydrogen-bond acceptors (Lipinski definition) is 4. The Hall–Kier alpha value is -2.04. The number of benzene rings is 2. The van der Waals surface area contributed by atoms with Gasteiger partial charge in [0.2, 0.25) is 0 Å². The second-order valence-corrected chi connectivity index (χ2v) is 8.75. The lowest BCUT2D eigenvalue weighted by Crippen LogP contribution is -2.28. The van der Waals surface area contributed by atoms with E-state index in [9.17, 15) is 0 Å². The molecule has 0 radical (unpaired) electrons. The molecular weight excluding hydrogens is 364 g/mol. The first-order valence-electron chi connectivity index (χ1n) is 10.9. The molecule has 1 saturated carbocycles. The van der Waals surface area contributed by atoms with Crippen LogP contribution in [0.5, 0.6) is 11.5 Å². The van der Waals surface area contributed by atoms with Crippen molar-refractivity contribution in [3.63, 3.8) is 0 Å². The summed E-state index contributed by atoms with van der Waals surface area (Å²) in [5.41, 5.74) is 5.45. The molecule has 2 aromatic carbocycles. The number of methoxy groups -OCH3 is 1. The van der Waals surface area contributed by atoms with E-state index in [4.69, 9.17) is 18.9 Å². The second kappa shape index (κ2) is 8.00. The Morgan fingerprint density at radius 1 is 0.966 bits per heavy atom. The van der Waals surface area contributed by atoms with Crippen LogP contribution in [0.4, 0.5) is 0 Å². The molecule has 0 N–H and O–H groups in total. The van der Waals surface area contributed by atoms with Gasteiger partial charge in [-0.3, -0.25) is 0 Å². The van der Waals surface area contributed by atoms with E-state index < -0.39 is 0 Å². The summed E-state index contributed by atoms with van der Waals surface area (Å²) in [6.45, 7) is 3.54. The zero-order valence-corrected chi connectivity index (χ0v) is 17.4. The quantitative estimate of drug-likeness (QED) is 0.682. The summed E-state index contributed by atoms with van der Waals surface area (Å²) in [5, 5.41) is 0. The molecular formula is C25H30O4. The molecule has 4 nitrogen and oxygen atoms in total. The lowest BCUT2D eigenvalue weighted by atomic mass is 9.89. The molecule has 0 spiro atoms. The van der Waals surface area contributed by atoms with Gasteiger partial charge < -0.3 is 18.9 Å². The molecule has 5 rings (SSSR count). The van der Waals surface area contributed by atoms with E-state index in [0.717, 1.165) is 30.8 Å². The van der Waals surface area contributed by atoms with Crippen LogP contribution in [0, 0.1) is 5.92 Å². The van der Waals surface area contributed by atoms with Gasteiger partial charge >= 0.3 is 0 Å². The monoisotopic (exact) mass is 394 g/mol. The van der Waals surface area contributed by atoms with Crippen LogP contribution in [-0.4, -0.2) is 26.6 Å². The molecule has 2 aliphatic heterocycles. The third kappa shape index (κ3) is 4.15. The normalized spacial score (nSPS) is 26.3. The number of ether oxygens (including phenoxy) is 4. The molecule has 0 bridgehead atoms. The minimum absolute atomic E-state index is 0.104. The molecule has 0 amide bonds. The van der Waals surface area contributed by atoms with E-state index in [2.05, 4.69) is 37.3 Å². The fourth-order valence-electron chi connectivity index (χ4n) is 4.64. The third-order valence-corrected chi connectivity index (χ3v) is 6.35. The Morgan fingerprint density at radius 2 is 1.79 bits per heavy atom. The highest BCUT2D eigenvalue weighted by molar-refractivity contribution is 5.47. The fourth-order valence-corrected chi connectivity index (χ4v) is 4.64. The molecule has 0 aromatic heterocycles. The van der Waals surface area contributed by atoms with Crippen molar-refractivity contribution in [2.45, 2.75) is 57.3 Å². The SMILES string of the molecule is COC1C[C@H](C)C[C@H](c2ccc(C3CC3)c(Cc3ccc4c(c3)OCCO4)c2)O1. The summed E-state index contributed by atoms with van der Waals surface area (Å²) in [7, 11) is 1.74. The average Bonchev–Trinajstić information content (AvgIpc) is 3.58. The maximum atomic E-state index is 6.23. The predicted molar refractivity (Wildman–Crippen MR) is 112 cm³/mol. The summed E-state index contributed by atoms with van der Waals surface area (Å²) in [6, 6.07) is 13.3. The van der Waals surface area contributed by atoms with Gasteiger partial charge in [0.15, 0.2) is 17.8 Å². The van der Waals surface area contributed by atoms with Crippen molar-refractivity contribution in [2.24, 2.45) is 5.92 Å². The van der Waals surface area contributed by atoms with Crippen LogP contribution < -0.4 is 9.47 Å². The summed E-state index contributed by atoms with van der Waals surface area (Å²) in [6.07, 6.45) is 5.53. The first-order chi connectivity index (χ1) is 14.2. The van der Waals surface area contributed by atoms with E-state index in [1.807, 2.05) is 6.07 Å². The van der Waals surface area contributed by atoms with Crippen LogP contribution in [-0.2, 0) is 15.9 Å². The van der Waals surface area contributed by atoms with Gasteiger partial charge in [0.25, 0.3) is 0 Å². The Labute approximate surface area is 173 Å². The van der Waals surface area contributed by atoms with Crippen LogP contribution in [0.25, 0.3) is 0 Å². The molecule has 2 fully saturated rings. The van der Waals surface area contributed by atoms with Gasteiger partial charge in [-0.15, -0.1) is 0 Å². The predicted octanol–water partition coefficient (Wildman–Crippen LogP) is 5.39. The van der Waals surface area contributed by atoms with Crippen molar-refractivity contribution >= 4 is 0 Å². The van der Waals surface area contributed by atoms with Gasteiger partial charge in [0.1, 0.15) is 13.2 Å². The molecule has 3 atom stereocenters. The number of fused-ring (bicyclic) bond motifs is 1. The van der Waals surface area contributed by atoms with E-state index in [1.54, 1.807) is 7.11 Å². The zero-order valence-electron chi connectivity index (χ0n) is 17.4. The third-order valence-electron chi connectivity index (χ3n) is 6.35. The molecule has 2 aromatic rings. The maximum absolute atomic E-state index is 6.23. The van der Waals surface area contributed by atoms with Crippen molar-refractivity contribution in [1.29, 1.82) is 0 Å². The van der Waals surface area contributed by atoms with Crippen LogP contribution in [0.3, 0.4) is 0 Å². The van der Waals surface area contributed by atoms with Crippen molar-refractivity contribution in [1.82, 2.24) is 0 Å². The van der Waals surface area contributed by atoms with E-state index in [1.165, 1.54) is 35.1 Å². The van der Waals surface area contributed by atoms with E-state index >= 15 is 0 Å².